The quantitative estimate of drug-likeness (QED) is 0.621. The van der Waals surface area contributed by atoms with Crippen LogP contribution >= 0.6 is 11.6 Å². The van der Waals surface area contributed by atoms with Crippen molar-refractivity contribution < 1.29 is 0 Å². The molecule has 2 heterocycles. The molecule has 6 heteroatoms. The molecule has 5 nitrogen and oxygen atoms in total. The van der Waals surface area contributed by atoms with Crippen LogP contribution in [-0.4, -0.2) is 28.9 Å². The average molecular weight is 254 g/mol. The lowest BCUT2D eigenvalue weighted by Gasteiger charge is -2.39. The fourth-order valence-electron chi connectivity index (χ4n) is 2.02. The molecular formula is C11H16ClN5. The zero-order valence-corrected chi connectivity index (χ0v) is 10.5. The van der Waals surface area contributed by atoms with E-state index >= 15 is 0 Å². The Kier molecular flexibility index (Phi) is 3.19. The highest BCUT2D eigenvalue weighted by atomic mass is 35.5. The van der Waals surface area contributed by atoms with Gasteiger partial charge >= 0.3 is 0 Å². The SMILES string of the molecule is CC1(C(=N)N)CCN(c2ncncc2Cl)CC1. The summed E-state index contributed by atoms with van der Waals surface area (Å²) in [5.74, 6) is 1.04. The van der Waals surface area contributed by atoms with Crippen LogP contribution in [0.4, 0.5) is 5.82 Å². The van der Waals surface area contributed by atoms with Crippen LogP contribution in [0.3, 0.4) is 0 Å². The van der Waals surface area contributed by atoms with Crippen molar-refractivity contribution in [2.75, 3.05) is 18.0 Å². The summed E-state index contributed by atoms with van der Waals surface area (Å²) in [5.41, 5.74) is 5.44. The van der Waals surface area contributed by atoms with Crippen molar-refractivity contribution in [3.8, 4) is 0 Å². The molecule has 1 fully saturated rings. The molecule has 1 aromatic heterocycles. The maximum absolute atomic E-state index is 7.61. The zero-order valence-electron chi connectivity index (χ0n) is 9.78. The van der Waals surface area contributed by atoms with E-state index in [-0.39, 0.29) is 11.3 Å². The minimum atomic E-state index is -0.185. The minimum absolute atomic E-state index is 0.185. The first-order valence-electron chi connectivity index (χ1n) is 5.58. The second kappa shape index (κ2) is 4.49. The van der Waals surface area contributed by atoms with Gasteiger partial charge in [-0.2, -0.15) is 0 Å². The van der Waals surface area contributed by atoms with E-state index < -0.39 is 0 Å². The summed E-state index contributed by atoms with van der Waals surface area (Å²) >= 11 is 6.06. The molecule has 1 aliphatic heterocycles. The van der Waals surface area contributed by atoms with Gasteiger partial charge in [0.15, 0.2) is 5.82 Å². The maximum Gasteiger partial charge on any atom is 0.150 e. The summed E-state index contributed by atoms with van der Waals surface area (Å²) in [4.78, 5) is 10.2. The number of rotatable bonds is 2. The van der Waals surface area contributed by atoms with Crippen molar-refractivity contribution in [3.05, 3.63) is 17.5 Å². The number of amidine groups is 1. The van der Waals surface area contributed by atoms with Gasteiger partial charge in [0.25, 0.3) is 0 Å². The van der Waals surface area contributed by atoms with E-state index in [0.717, 1.165) is 31.7 Å². The number of hydrogen-bond acceptors (Lipinski definition) is 4. The maximum atomic E-state index is 7.61. The van der Waals surface area contributed by atoms with Gasteiger partial charge in [-0.05, 0) is 12.8 Å². The average Bonchev–Trinajstić information content (AvgIpc) is 2.31. The molecule has 0 atom stereocenters. The van der Waals surface area contributed by atoms with Gasteiger partial charge in [0.05, 0.1) is 12.0 Å². The number of anilines is 1. The fourth-order valence-corrected chi connectivity index (χ4v) is 2.24. The Labute approximate surface area is 106 Å². The zero-order chi connectivity index (χ0) is 12.5. The molecule has 1 aromatic rings. The molecule has 1 saturated heterocycles. The van der Waals surface area contributed by atoms with E-state index in [2.05, 4.69) is 14.9 Å². The highest BCUT2D eigenvalue weighted by Crippen LogP contribution is 2.33. The van der Waals surface area contributed by atoms with Gasteiger partial charge in [0.1, 0.15) is 11.3 Å². The third kappa shape index (κ3) is 2.34. The summed E-state index contributed by atoms with van der Waals surface area (Å²) in [6.07, 6.45) is 4.80. The normalized spacial score (nSPS) is 19.1. The van der Waals surface area contributed by atoms with Gasteiger partial charge in [-0.15, -0.1) is 0 Å². The number of hydrogen-bond donors (Lipinski definition) is 2. The molecule has 0 radical (unpaired) electrons. The van der Waals surface area contributed by atoms with Crippen molar-refractivity contribution in [3.63, 3.8) is 0 Å². The van der Waals surface area contributed by atoms with Crippen LogP contribution in [0.25, 0.3) is 0 Å². The summed E-state index contributed by atoms with van der Waals surface area (Å²) < 4.78 is 0. The predicted octanol–water partition coefficient (Wildman–Crippen LogP) is 1.67. The first kappa shape index (κ1) is 12.1. The molecule has 2 rings (SSSR count). The van der Waals surface area contributed by atoms with E-state index in [0.29, 0.717) is 5.02 Å². The monoisotopic (exact) mass is 253 g/mol. The van der Waals surface area contributed by atoms with Gasteiger partial charge < -0.3 is 10.6 Å². The largest absolute Gasteiger partial charge is 0.387 e. The van der Waals surface area contributed by atoms with Crippen molar-refractivity contribution in [2.24, 2.45) is 11.1 Å². The number of aromatic nitrogens is 2. The van der Waals surface area contributed by atoms with Gasteiger partial charge in [-0.1, -0.05) is 18.5 Å². The Morgan fingerprint density at radius 2 is 2.18 bits per heavy atom. The second-order valence-corrected chi connectivity index (χ2v) is 5.06. The molecule has 0 bridgehead atoms. The van der Waals surface area contributed by atoms with Gasteiger partial charge in [0.2, 0.25) is 0 Å². The first-order chi connectivity index (χ1) is 8.03. The Balaban J connectivity index is 2.10. The summed E-state index contributed by atoms with van der Waals surface area (Å²) in [6, 6.07) is 0. The molecule has 17 heavy (non-hydrogen) atoms. The van der Waals surface area contributed by atoms with Crippen LogP contribution in [0.15, 0.2) is 12.5 Å². The van der Waals surface area contributed by atoms with Gasteiger partial charge in [-0.3, -0.25) is 5.41 Å². The van der Waals surface area contributed by atoms with E-state index in [1.807, 2.05) is 6.92 Å². The molecule has 1 aliphatic rings. The Hall–Kier alpha value is -1.36. The molecule has 92 valence electrons. The summed E-state index contributed by atoms with van der Waals surface area (Å²) in [6.45, 7) is 3.66. The Morgan fingerprint density at radius 3 is 2.71 bits per heavy atom. The number of nitrogens with two attached hydrogens (primary N) is 1. The molecule has 3 N–H and O–H groups in total. The number of halogens is 1. The first-order valence-corrected chi connectivity index (χ1v) is 5.96. The molecular weight excluding hydrogens is 238 g/mol. The lowest BCUT2D eigenvalue weighted by atomic mass is 9.79. The molecule has 0 saturated carbocycles. The van der Waals surface area contributed by atoms with Crippen LogP contribution in [0.1, 0.15) is 19.8 Å². The fraction of sp³-hybridized carbons (Fsp3) is 0.545. The summed E-state index contributed by atoms with van der Waals surface area (Å²) in [5, 5.41) is 8.17. The molecule has 0 spiro atoms. The number of nitrogens with one attached hydrogen (secondary N) is 1. The highest BCUT2D eigenvalue weighted by molar-refractivity contribution is 6.32. The van der Waals surface area contributed by atoms with E-state index in [1.54, 1.807) is 6.20 Å². The van der Waals surface area contributed by atoms with Crippen molar-refractivity contribution in [2.45, 2.75) is 19.8 Å². The third-order valence-corrected chi connectivity index (χ3v) is 3.73. The second-order valence-electron chi connectivity index (χ2n) is 4.66. The third-order valence-electron chi connectivity index (χ3n) is 3.46. The lowest BCUT2D eigenvalue weighted by Crippen LogP contribution is -2.45. The van der Waals surface area contributed by atoms with Crippen molar-refractivity contribution in [1.82, 2.24) is 9.97 Å². The predicted molar refractivity (Wildman–Crippen MR) is 68.5 cm³/mol. The van der Waals surface area contributed by atoms with Crippen LogP contribution < -0.4 is 10.6 Å². The Morgan fingerprint density at radius 1 is 1.53 bits per heavy atom. The smallest absolute Gasteiger partial charge is 0.150 e. The van der Waals surface area contributed by atoms with Crippen LogP contribution in [-0.2, 0) is 0 Å². The lowest BCUT2D eigenvalue weighted by molar-refractivity contribution is 0.350. The van der Waals surface area contributed by atoms with Crippen molar-refractivity contribution in [1.29, 1.82) is 5.41 Å². The van der Waals surface area contributed by atoms with Gasteiger partial charge in [-0.25, -0.2) is 9.97 Å². The summed E-state index contributed by atoms with van der Waals surface area (Å²) in [7, 11) is 0. The van der Waals surface area contributed by atoms with Crippen molar-refractivity contribution >= 4 is 23.3 Å². The molecule has 0 unspecified atom stereocenters. The van der Waals surface area contributed by atoms with E-state index in [1.165, 1.54) is 6.33 Å². The number of piperidine rings is 1. The molecule has 0 amide bonds. The minimum Gasteiger partial charge on any atom is -0.387 e. The van der Waals surface area contributed by atoms with Crippen LogP contribution in [0, 0.1) is 10.8 Å². The Bertz CT molecular complexity index is 426. The number of nitrogens with zero attached hydrogens (tertiary/aromatic N) is 3. The molecule has 0 aliphatic carbocycles. The molecule has 0 aromatic carbocycles. The van der Waals surface area contributed by atoms with Crippen LogP contribution in [0.5, 0.6) is 0 Å². The highest BCUT2D eigenvalue weighted by Gasteiger charge is 2.33. The van der Waals surface area contributed by atoms with E-state index in [9.17, 15) is 0 Å². The topological polar surface area (TPSA) is 78.9 Å². The van der Waals surface area contributed by atoms with Gasteiger partial charge in [0, 0.05) is 18.5 Å². The van der Waals surface area contributed by atoms with E-state index in [4.69, 9.17) is 22.7 Å². The van der Waals surface area contributed by atoms with Crippen LogP contribution in [0.2, 0.25) is 5.02 Å². The standard InChI is InChI=1S/C11H16ClN5/c1-11(10(13)14)2-4-17(5-3-11)9-8(12)6-15-7-16-9/h6-7H,2-5H2,1H3,(H3,13,14).